The zero-order chi connectivity index (χ0) is 38.6. The minimum atomic E-state index is 0.594. The highest BCUT2D eigenvalue weighted by Gasteiger charge is 2.24. The molecule has 0 saturated carbocycles. The van der Waals surface area contributed by atoms with Crippen LogP contribution in [0.3, 0.4) is 0 Å². The van der Waals surface area contributed by atoms with Gasteiger partial charge in [0, 0.05) is 16.7 Å². The Morgan fingerprint density at radius 3 is 1.57 bits per heavy atom. The van der Waals surface area contributed by atoms with Gasteiger partial charge in [-0.1, -0.05) is 176 Å². The summed E-state index contributed by atoms with van der Waals surface area (Å²) in [6.45, 7) is 0. The Labute approximate surface area is 336 Å². The van der Waals surface area contributed by atoms with Gasteiger partial charge in [-0.05, 0) is 95.4 Å². The van der Waals surface area contributed by atoms with Crippen LogP contribution in [0.15, 0.2) is 194 Å². The van der Waals surface area contributed by atoms with Crippen molar-refractivity contribution in [1.29, 1.82) is 5.26 Å². The van der Waals surface area contributed by atoms with E-state index in [1.807, 2.05) is 54.6 Å². The van der Waals surface area contributed by atoms with Gasteiger partial charge in [0.1, 0.15) is 0 Å². The van der Waals surface area contributed by atoms with Gasteiger partial charge < -0.3 is 0 Å². The molecule has 0 aliphatic heterocycles. The van der Waals surface area contributed by atoms with Crippen LogP contribution >= 0.6 is 0 Å². The standard InChI is InChI=1S/C54H32N4/c55-33-34-17-29-44(36-19-21-37(22-20-36)45-30-28-39-13-8-16-47-46-14-6-7-15-48(46)51(45)50(39)47)49(31-34)38-23-25-41(26-24-38)53-56-52(40-10-2-1-3-11-40)57-54(58-53)43-27-18-35-9-4-5-12-42(35)32-43/h1-32H. The van der Waals surface area contributed by atoms with Crippen LogP contribution in [0.4, 0.5) is 0 Å². The third kappa shape index (κ3) is 5.65. The van der Waals surface area contributed by atoms with Crippen molar-refractivity contribution in [3.63, 3.8) is 0 Å². The summed E-state index contributed by atoms with van der Waals surface area (Å²) in [6.07, 6.45) is 0. The first-order valence-electron chi connectivity index (χ1n) is 19.4. The lowest BCUT2D eigenvalue weighted by molar-refractivity contribution is 1.07. The summed E-state index contributed by atoms with van der Waals surface area (Å²) in [5.74, 6) is 1.83. The number of rotatable bonds is 6. The zero-order valence-corrected chi connectivity index (χ0v) is 31.3. The van der Waals surface area contributed by atoms with E-state index >= 15 is 0 Å². The predicted octanol–water partition coefficient (Wildman–Crippen LogP) is 13.7. The molecule has 0 saturated heterocycles. The molecular formula is C54H32N4. The second-order valence-electron chi connectivity index (χ2n) is 14.7. The number of benzene rings is 9. The Bertz CT molecular complexity index is 3270. The van der Waals surface area contributed by atoms with Crippen molar-refractivity contribution in [1.82, 2.24) is 15.0 Å². The first kappa shape index (κ1) is 33.3. The monoisotopic (exact) mass is 736 g/mol. The second kappa shape index (κ2) is 13.6. The average molecular weight is 737 g/mol. The predicted molar refractivity (Wildman–Crippen MR) is 237 cm³/mol. The topological polar surface area (TPSA) is 62.5 Å². The van der Waals surface area contributed by atoms with Crippen molar-refractivity contribution in [2.24, 2.45) is 0 Å². The van der Waals surface area contributed by atoms with Crippen molar-refractivity contribution in [3.8, 4) is 95.9 Å². The molecule has 4 nitrogen and oxygen atoms in total. The number of hydrogen-bond acceptors (Lipinski definition) is 4. The quantitative estimate of drug-likeness (QED) is 0.170. The minimum absolute atomic E-state index is 0.594. The lowest BCUT2D eigenvalue weighted by Gasteiger charge is -2.14. The Morgan fingerprint density at radius 2 is 0.828 bits per heavy atom. The van der Waals surface area contributed by atoms with Crippen LogP contribution in [0.2, 0.25) is 0 Å². The molecule has 0 fully saturated rings. The van der Waals surface area contributed by atoms with Crippen molar-refractivity contribution < 1.29 is 0 Å². The number of aromatic nitrogens is 3. The van der Waals surface area contributed by atoms with Crippen molar-refractivity contribution >= 4 is 21.5 Å². The van der Waals surface area contributed by atoms with E-state index in [0.29, 0.717) is 23.0 Å². The third-order valence-electron chi connectivity index (χ3n) is 11.3. The van der Waals surface area contributed by atoms with E-state index in [4.69, 9.17) is 15.0 Å². The zero-order valence-electron chi connectivity index (χ0n) is 31.3. The van der Waals surface area contributed by atoms with E-state index < -0.39 is 0 Å². The molecule has 10 aromatic rings. The molecule has 0 spiro atoms. The molecule has 1 heterocycles. The minimum Gasteiger partial charge on any atom is -0.208 e. The highest BCUT2D eigenvalue weighted by molar-refractivity contribution is 6.19. The van der Waals surface area contributed by atoms with Gasteiger partial charge in [-0.25, -0.2) is 15.0 Å². The number of nitrogens with zero attached hydrogens (tertiary/aromatic N) is 4. The second-order valence-corrected chi connectivity index (χ2v) is 14.7. The van der Waals surface area contributed by atoms with Gasteiger partial charge in [0.15, 0.2) is 17.5 Å². The SMILES string of the molecule is N#Cc1ccc(-c2ccc(-c3ccc4cccc5c4c3-c3ccccc3-5)cc2)c(-c2ccc(-c3nc(-c4ccccc4)nc(-c4ccc5ccccc5c4)n3)cc2)c1. The van der Waals surface area contributed by atoms with E-state index in [9.17, 15) is 5.26 Å². The summed E-state index contributed by atoms with van der Waals surface area (Å²) in [5.41, 5.74) is 15.0. The molecule has 1 aromatic heterocycles. The molecule has 11 rings (SSSR count). The van der Waals surface area contributed by atoms with E-state index in [2.05, 4.69) is 146 Å². The van der Waals surface area contributed by atoms with Crippen molar-refractivity contribution in [2.75, 3.05) is 0 Å². The smallest absolute Gasteiger partial charge is 0.164 e. The Morgan fingerprint density at radius 1 is 0.310 bits per heavy atom. The normalized spacial score (nSPS) is 11.4. The molecule has 0 atom stereocenters. The van der Waals surface area contributed by atoms with Gasteiger partial charge in [-0.3, -0.25) is 0 Å². The van der Waals surface area contributed by atoms with Crippen LogP contribution in [0.1, 0.15) is 5.56 Å². The van der Waals surface area contributed by atoms with Crippen LogP contribution in [0, 0.1) is 11.3 Å². The molecule has 9 aromatic carbocycles. The molecule has 0 radical (unpaired) electrons. The maximum Gasteiger partial charge on any atom is 0.164 e. The fraction of sp³-hybridized carbons (Fsp3) is 0. The summed E-state index contributed by atoms with van der Waals surface area (Å²) in [5, 5.41) is 14.8. The lowest BCUT2D eigenvalue weighted by atomic mass is 9.90. The largest absolute Gasteiger partial charge is 0.208 e. The average Bonchev–Trinajstić information content (AvgIpc) is 3.64. The van der Waals surface area contributed by atoms with Crippen LogP contribution in [-0.4, -0.2) is 15.0 Å². The van der Waals surface area contributed by atoms with Gasteiger partial charge in [0.2, 0.25) is 0 Å². The van der Waals surface area contributed by atoms with E-state index in [1.165, 1.54) is 49.5 Å². The Hall–Kier alpha value is -8.00. The molecule has 0 amide bonds. The van der Waals surface area contributed by atoms with E-state index in [-0.39, 0.29) is 0 Å². The summed E-state index contributed by atoms with van der Waals surface area (Å²) >= 11 is 0. The van der Waals surface area contributed by atoms with Crippen LogP contribution in [0.25, 0.3) is 111 Å². The van der Waals surface area contributed by atoms with E-state index in [1.54, 1.807) is 0 Å². The summed E-state index contributed by atoms with van der Waals surface area (Å²) in [7, 11) is 0. The van der Waals surface area contributed by atoms with Crippen LogP contribution in [0.5, 0.6) is 0 Å². The Kier molecular flexibility index (Phi) is 7.84. The summed E-state index contributed by atoms with van der Waals surface area (Å²) in [4.78, 5) is 14.9. The van der Waals surface area contributed by atoms with Gasteiger partial charge in [0.25, 0.3) is 0 Å². The maximum atomic E-state index is 9.95. The summed E-state index contributed by atoms with van der Waals surface area (Å²) < 4.78 is 0. The highest BCUT2D eigenvalue weighted by Crippen LogP contribution is 2.51. The number of fused-ring (bicyclic) bond motifs is 4. The van der Waals surface area contributed by atoms with Gasteiger partial charge in [-0.15, -0.1) is 0 Å². The van der Waals surface area contributed by atoms with Crippen LogP contribution < -0.4 is 0 Å². The molecule has 0 unspecified atom stereocenters. The van der Waals surface area contributed by atoms with Gasteiger partial charge >= 0.3 is 0 Å². The number of hydrogen-bond donors (Lipinski definition) is 0. The van der Waals surface area contributed by atoms with Crippen molar-refractivity contribution in [3.05, 3.63) is 200 Å². The summed E-state index contributed by atoms with van der Waals surface area (Å²) in [6, 6.07) is 69.9. The van der Waals surface area contributed by atoms with Gasteiger partial charge in [-0.2, -0.15) is 5.26 Å². The Balaban J connectivity index is 0.967. The first-order chi connectivity index (χ1) is 28.7. The molecule has 1 aliphatic rings. The highest BCUT2D eigenvalue weighted by atomic mass is 15.0. The first-order valence-corrected chi connectivity index (χ1v) is 19.4. The van der Waals surface area contributed by atoms with E-state index in [0.717, 1.165) is 44.3 Å². The molecule has 58 heavy (non-hydrogen) atoms. The van der Waals surface area contributed by atoms with Gasteiger partial charge in [0.05, 0.1) is 11.6 Å². The fourth-order valence-electron chi connectivity index (χ4n) is 8.47. The number of nitriles is 1. The molecular weight excluding hydrogens is 705 g/mol. The lowest BCUT2D eigenvalue weighted by Crippen LogP contribution is -2.00. The molecule has 268 valence electrons. The molecule has 1 aliphatic carbocycles. The molecule has 0 N–H and O–H groups in total. The van der Waals surface area contributed by atoms with Crippen LogP contribution in [-0.2, 0) is 0 Å². The third-order valence-corrected chi connectivity index (χ3v) is 11.3. The molecule has 4 heteroatoms. The fourth-order valence-corrected chi connectivity index (χ4v) is 8.47. The van der Waals surface area contributed by atoms with Crippen molar-refractivity contribution in [2.45, 2.75) is 0 Å². The molecule has 0 bridgehead atoms. The maximum absolute atomic E-state index is 9.95.